The van der Waals surface area contributed by atoms with Crippen molar-refractivity contribution >= 4 is 63.9 Å². The summed E-state index contributed by atoms with van der Waals surface area (Å²) >= 11 is 23.8. The number of nitrogens with one attached hydrogen (secondary N) is 2. The first-order chi connectivity index (χ1) is 12.9. The van der Waals surface area contributed by atoms with Gasteiger partial charge < -0.3 is 10.6 Å². The summed E-state index contributed by atoms with van der Waals surface area (Å²) in [5.74, 6) is -0.898. The molecule has 1 fully saturated rings. The molecule has 2 amide bonds. The molecule has 1 heterocycles. The predicted octanol–water partition coefficient (Wildman–Crippen LogP) is 5.62. The Hall–Kier alpha value is -1.53. The molecule has 5 nitrogen and oxygen atoms in total. The quantitative estimate of drug-likeness (QED) is 0.598. The lowest BCUT2D eigenvalue weighted by Gasteiger charge is -2.15. The number of amides is 2. The number of hydrogen-bond acceptors (Lipinski definition) is 3. The molecule has 0 atom stereocenters. The van der Waals surface area contributed by atoms with Gasteiger partial charge in [-0.1, -0.05) is 71.4 Å². The van der Waals surface area contributed by atoms with Gasteiger partial charge in [-0.3, -0.25) is 9.59 Å². The van der Waals surface area contributed by atoms with Crippen molar-refractivity contribution in [2.75, 3.05) is 5.32 Å². The highest BCUT2D eigenvalue weighted by atomic mass is 35.5. The molecular formula is C18H15Cl4N3O2. The molecule has 2 aromatic rings. The lowest BCUT2D eigenvalue weighted by Crippen LogP contribution is -2.33. The van der Waals surface area contributed by atoms with Gasteiger partial charge in [-0.05, 0) is 25.0 Å². The SMILES string of the molecule is O=C(NC1CCCC1)c1ccccc1NC(=O)c1nc(Cl)c(Cl)c(Cl)c1Cl. The van der Waals surface area contributed by atoms with Crippen LogP contribution in [0.2, 0.25) is 20.2 Å². The highest BCUT2D eigenvalue weighted by Crippen LogP contribution is 2.36. The van der Waals surface area contributed by atoms with Gasteiger partial charge in [0.25, 0.3) is 11.8 Å². The zero-order chi connectivity index (χ0) is 19.6. The number of benzene rings is 1. The minimum absolute atomic E-state index is 0.0313. The third-order valence-corrected chi connectivity index (χ3v) is 5.99. The third kappa shape index (κ3) is 4.49. The fourth-order valence-electron chi connectivity index (χ4n) is 2.94. The average molecular weight is 447 g/mol. The second-order valence-electron chi connectivity index (χ2n) is 6.15. The number of hydrogen-bond donors (Lipinski definition) is 2. The van der Waals surface area contributed by atoms with Gasteiger partial charge in [0.15, 0.2) is 0 Å². The number of rotatable bonds is 4. The maximum absolute atomic E-state index is 12.6. The van der Waals surface area contributed by atoms with Gasteiger partial charge in [0.05, 0.1) is 26.3 Å². The largest absolute Gasteiger partial charge is 0.349 e. The summed E-state index contributed by atoms with van der Waals surface area (Å²) in [5.41, 5.74) is 0.500. The van der Waals surface area contributed by atoms with Crippen molar-refractivity contribution in [1.29, 1.82) is 0 Å². The summed E-state index contributed by atoms with van der Waals surface area (Å²) in [6, 6.07) is 6.84. The van der Waals surface area contributed by atoms with Crippen molar-refractivity contribution in [3.05, 3.63) is 55.7 Å². The van der Waals surface area contributed by atoms with Crippen molar-refractivity contribution in [3.8, 4) is 0 Å². The molecule has 0 aliphatic heterocycles. The molecule has 1 aromatic heterocycles. The first kappa shape index (κ1) is 20.2. The molecule has 0 bridgehead atoms. The van der Waals surface area contributed by atoms with Gasteiger partial charge in [0, 0.05) is 6.04 Å². The van der Waals surface area contributed by atoms with E-state index in [1.807, 2.05) is 0 Å². The van der Waals surface area contributed by atoms with E-state index in [2.05, 4.69) is 15.6 Å². The molecule has 9 heteroatoms. The number of carbonyl (C=O) groups excluding carboxylic acids is 2. The maximum atomic E-state index is 12.6. The van der Waals surface area contributed by atoms with Crippen LogP contribution in [0.5, 0.6) is 0 Å². The Morgan fingerprint density at radius 1 is 0.926 bits per heavy atom. The highest BCUT2D eigenvalue weighted by molar-refractivity contribution is 6.52. The number of carbonyl (C=O) groups is 2. The summed E-state index contributed by atoms with van der Waals surface area (Å²) in [7, 11) is 0. The number of para-hydroxylation sites is 1. The van der Waals surface area contributed by atoms with Crippen LogP contribution in [0, 0.1) is 0 Å². The molecule has 1 aliphatic carbocycles. The zero-order valence-corrected chi connectivity index (χ0v) is 17.0. The number of nitrogens with zero attached hydrogens (tertiary/aromatic N) is 1. The second-order valence-corrected chi connectivity index (χ2v) is 7.64. The van der Waals surface area contributed by atoms with E-state index in [1.54, 1.807) is 24.3 Å². The fraction of sp³-hybridized carbons (Fsp3) is 0.278. The molecule has 0 radical (unpaired) electrons. The second kappa shape index (κ2) is 8.65. The topological polar surface area (TPSA) is 71.1 Å². The van der Waals surface area contributed by atoms with Gasteiger partial charge in [-0.2, -0.15) is 0 Å². The number of pyridine rings is 1. The zero-order valence-electron chi connectivity index (χ0n) is 14.0. The van der Waals surface area contributed by atoms with Crippen molar-refractivity contribution in [2.24, 2.45) is 0 Å². The number of halogens is 4. The minimum Gasteiger partial charge on any atom is -0.349 e. The molecule has 142 valence electrons. The van der Waals surface area contributed by atoms with E-state index in [9.17, 15) is 9.59 Å². The average Bonchev–Trinajstić information content (AvgIpc) is 3.16. The molecular weight excluding hydrogens is 432 g/mol. The molecule has 2 N–H and O–H groups in total. The van der Waals surface area contributed by atoms with Gasteiger partial charge in [-0.15, -0.1) is 0 Å². The molecule has 27 heavy (non-hydrogen) atoms. The first-order valence-electron chi connectivity index (χ1n) is 8.29. The van der Waals surface area contributed by atoms with E-state index >= 15 is 0 Å². The molecule has 1 saturated carbocycles. The van der Waals surface area contributed by atoms with E-state index in [1.165, 1.54) is 0 Å². The molecule has 0 spiro atoms. The first-order valence-corrected chi connectivity index (χ1v) is 9.81. The molecule has 0 unspecified atom stereocenters. The lowest BCUT2D eigenvalue weighted by atomic mass is 10.1. The van der Waals surface area contributed by atoms with Crippen LogP contribution in [0.3, 0.4) is 0 Å². The predicted molar refractivity (Wildman–Crippen MR) is 108 cm³/mol. The van der Waals surface area contributed by atoms with E-state index in [4.69, 9.17) is 46.4 Å². The molecule has 1 aromatic carbocycles. The molecule has 0 saturated heterocycles. The number of anilines is 1. The van der Waals surface area contributed by atoms with Crippen molar-refractivity contribution in [3.63, 3.8) is 0 Å². The summed E-state index contributed by atoms with van der Waals surface area (Å²) in [6.07, 6.45) is 4.13. The normalized spacial score (nSPS) is 14.2. The monoisotopic (exact) mass is 445 g/mol. The van der Waals surface area contributed by atoms with Crippen molar-refractivity contribution in [1.82, 2.24) is 10.3 Å². The Morgan fingerprint density at radius 2 is 1.59 bits per heavy atom. The van der Waals surface area contributed by atoms with Crippen LogP contribution in [0.4, 0.5) is 5.69 Å². The maximum Gasteiger partial charge on any atom is 0.275 e. The Balaban J connectivity index is 1.84. The van der Waals surface area contributed by atoms with E-state index < -0.39 is 5.91 Å². The van der Waals surface area contributed by atoms with E-state index in [0.29, 0.717) is 11.3 Å². The Kier molecular flexibility index (Phi) is 6.48. The van der Waals surface area contributed by atoms with Gasteiger partial charge in [-0.25, -0.2) is 4.98 Å². The van der Waals surface area contributed by atoms with Crippen LogP contribution >= 0.6 is 46.4 Å². The van der Waals surface area contributed by atoms with Crippen LogP contribution in [0.25, 0.3) is 0 Å². The van der Waals surface area contributed by atoms with Crippen LogP contribution in [-0.4, -0.2) is 22.8 Å². The minimum atomic E-state index is -0.651. The van der Waals surface area contributed by atoms with Crippen LogP contribution in [-0.2, 0) is 0 Å². The van der Waals surface area contributed by atoms with Gasteiger partial charge >= 0.3 is 0 Å². The summed E-state index contributed by atoms with van der Waals surface area (Å²) in [4.78, 5) is 29.1. The summed E-state index contributed by atoms with van der Waals surface area (Å²) < 4.78 is 0. The Labute approximate surface area is 176 Å². The summed E-state index contributed by atoms with van der Waals surface area (Å²) in [5, 5.41) is 5.29. The standard InChI is InChI=1S/C18H15Cl4N3O2/c19-12-13(20)15(25-16(22)14(12)21)18(27)24-11-8-4-3-7-10(11)17(26)23-9-5-1-2-6-9/h3-4,7-9H,1-2,5-6H2,(H,23,26)(H,24,27). The van der Waals surface area contributed by atoms with E-state index in [0.717, 1.165) is 25.7 Å². The molecule has 1 aliphatic rings. The van der Waals surface area contributed by atoms with Crippen LogP contribution in [0.15, 0.2) is 24.3 Å². The van der Waals surface area contributed by atoms with Crippen molar-refractivity contribution in [2.45, 2.75) is 31.7 Å². The Bertz CT molecular complexity index is 898. The van der Waals surface area contributed by atoms with Gasteiger partial charge in [0.2, 0.25) is 0 Å². The van der Waals surface area contributed by atoms with Gasteiger partial charge in [0.1, 0.15) is 10.8 Å². The van der Waals surface area contributed by atoms with Crippen LogP contribution < -0.4 is 10.6 Å². The Morgan fingerprint density at radius 3 is 2.30 bits per heavy atom. The smallest absolute Gasteiger partial charge is 0.275 e. The molecule has 3 rings (SSSR count). The fourth-order valence-corrected chi connectivity index (χ4v) is 3.76. The highest BCUT2D eigenvalue weighted by Gasteiger charge is 2.23. The number of aromatic nitrogens is 1. The van der Waals surface area contributed by atoms with E-state index in [-0.39, 0.29) is 37.9 Å². The third-order valence-electron chi connectivity index (χ3n) is 4.31. The summed E-state index contributed by atoms with van der Waals surface area (Å²) in [6.45, 7) is 0. The lowest BCUT2D eigenvalue weighted by molar-refractivity contribution is 0.0939. The van der Waals surface area contributed by atoms with Crippen LogP contribution in [0.1, 0.15) is 46.5 Å². The van der Waals surface area contributed by atoms with Crippen molar-refractivity contribution < 1.29 is 9.59 Å².